The molecule has 1 aliphatic rings. The summed E-state index contributed by atoms with van der Waals surface area (Å²) in [6, 6.07) is 14.8. The van der Waals surface area contributed by atoms with Crippen LogP contribution in [0.2, 0.25) is 0 Å². The molecule has 8 heteroatoms. The number of nitrogens with one attached hydrogen (secondary N) is 3. The van der Waals surface area contributed by atoms with Crippen molar-refractivity contribution < 1.29 is 18.8 Å². The fraction of sp³-hybridized carbons (Fsp3) is 0.200. The van der Waals surface area contributed by atoms with E-state index in [1.54, 1.807) is 19.3 Å². The van der Waals surface area contributed by atoms with Crippen LogP contribution in [-0.4, -0.2) is 34.1 Å². The van der Waals surface area contributed by atoms with E-state index in [1.807, 2.05) is 42.6 Å². The summed E-state index contributed by atoms with van der Waals surface area (Å²) in [7, 11) is 0. The van der Waals surface area contributed by atoms with Gasteiger partial charge in [0.15, 0.2) is 5.78 Å². The van der Waals surface area contributed by atoms with Crippen LogP contribution < -0.4 is 10.6 Å². The first kappa shape index (κ1) is 25.1. The lowest BCUT2D eigenvalue weighted by atomic mass is 9.85. The number of rotatable bonds is 8. The zero-order chi connectivity index (χ0) is 26.6. The maximum Gasteiger partial charge on any atom is 0.254 e. The molecule has 0 radical (unpaired) electrons. The number of benzene rings is 2. The first-order valence-corrected chi connectivity index (χ1v) is 12.4. The fourth-order valence-electron chi connectivity index (χ4n) is 4.87. The number of hydrogen-bond acceptors (Lipinski definition) is 4. The van der Waals surface area contributed by atoms with Crippen molar-refractivity contribution in [3.8, 4) is 0 Å². The Hall–Kier alpha value is -4.59. The Kier molecular flexibility index (Phi) is 7.13. The van der Waals surface area contributed by atoms with Gasteiger partial charge in [-0.25, -0.2) is 4.39 Å². The Balaban J connectivity index is 1.37. The van der Waals surface area contributed by atoms with Crippen LogP contribution in [0.4, 0.5) is 4.39 Å². The highest BCUT2D eigenvalue weighted by Gasteiger charge is 2.31. The number of fused-ring (bicyclic) bond motifs is 1. The number of hydrogen-bond donors (Lipinski definition) is 3. The minimum atomic E-state index is -0.774. The van der Waals surface area contributed by atoms with Crippen molar-refractivity contribution in [1.29, 1.82) is 0 Å². The molecule has 2 amide bonds. The minimum absolute atomic E-state index is 0.109. The molecule has 0 aliphatic carbocycles. The van der Waals surface area contributed by atoms with Crippen LogP contribution in [0.25, 0.3) is 10.9 Å². The van der Waals surface area contributed by atoms with Crippen LogP contribution >= 0.6 is 0 Å². The van der Waals surface area contributed by atoms with Crippen LogP contribution in [0.15, 0.2) is 84.3 Å². The maximum absolute atomic E-state index is 14.7. The summed E-state index contributed by atoms with van der Waals surface area (Å²) in [5.41, 5.74) is 4.30. The van der Waals surface area contributed by atoms with E-state index in [0.717, 1.165) is 22.0 Å². The number of carbonyl (C=O) groups is 3. The number of H-pyrrole nitrogens is 1. The van der Waals surface area contributed by atoms with Crippen molar-refractivity contribution in [2.75, 3.05) is 6.54 Å². The van der Waals surface area contributed by atoms with E-state index in [-0.39, 0.29) is 30.1 Å². The van der Waals surface area contributed by atoms with E-state index in [4.69, 9.17) is 0 Å². The molecule has 0 saturated heterocycles. The second kappa shape index (κ2) is 10.8. The first-order valence-electron chi connectivity index (χ1n) is 12.4. The summed E-state index contributed by atoms with van der Waals surface area (Å²) >= 11 is 0. The lowest BCUT2D eigenvalue weighted by Crippen LogP contribution is -2.37. The maximum atomic E-state index is 14.7. The van der Waals surface area contributed by atoms with Crippen molar-refractivity contribution >= 4 is 28.5 Å². The van der Waals surface area contributed by atoms with Crippen molar-refractivity contribution in [2.24, 2.45) is 0 Å². The zero-order valence-corrected chi connectivity index (χ0v) is 20.9. The van der Waals surface area contributed by atoms with E-state index >= 15 is 0 Å². The highest BCUT2D eigenvalue weighted by Crippen LogP contribution is 2.32. The molecule has 7 nitrogen and oxygen atoms in total. The van der Waals surface area contributed by atoms with E-state index < -0.39 is 17.8 Å². The van der Waals surface area contributed by atoms with Gasteiger partial charge >= 0.3 is 0 Å². The number of nitrogens with zero attached hydrogens (tertiary/aromatic N) is 1. The van der Waals surface area contributed by atoms with Gasteiger partial charge in [-0.05, 0) is 77.9 Å². The van der Waals surface area contributed by atoms with Gasteiger partial charge in [0, 0.05) is 49.1 Å². The third-order valence-electron chi connectivity index (χ3n) is 6.78. The Morgan fingerprint density at radius 2 is 1.87 bits per heavy atom. The van der Waals surface area contributed by atoms with Crippen molar-refractivity contribution in [3.05, 3.63) is 112 Å². The largest absolute Gasteiger partial charge is 0.361 e. The van der Waals surface area contributed by atoms with Gasteiger partial charge in [0.2, 0.25) is 5.91 Å². The normalized spacial score (nSPS) is 15.4. The predicted octanol–water partition coefficient (Wildman–Crippen LogP) is 4.36. The van der Waals surface area contributed by atoms with Crippen molar-refractivity contribution in [3.63, 3.8) is 0 Å². The third-order valence-corrected chi connectivity index (χ3v) is 6.78. The van der Waals surface area contributed by atoms with Crippen LogP contribution in [0, 0.1) is 5.82 Å². The quantitative estimate of drug-likeness (QED) is 0.328. The molecule has 0 spiro atoms. The van der Waals surface area contributed by atoms with Crippen LogP contribution in [0.5, 0.6) is 0 Å². The van der Waals surface area contributed by atoms with E-state index in [0.29, 0.717) is 29.7 Å². The lowest BCUT2D eigenvalue weighted by molar-refractivity contribution is -0.121. The second-order valence-electron chi connectivity index (χ2n) is 9.47. The van der Waals surface area contributed by atoms with Gasteiger partial charge < -0.3 is 15.6 Å². The molecule has 4 aromatic rings. The smallest absolute Gasteiger partial charge is 0.254 e. The van der Waals surface area contributed by atoms with Gasteiger partial charge in [0.05, 0.1) is 11.6 Å². The molecule has 3 heterocycles. The monoisotopic (exact) mass is 510 g/mol. The second-order valence-corrected chi connectivity index (χ2v) is 9.47. The van der Waals surface area contributed by atoms with Crippen molar-refractivity contribution in [1.82, 2.24) is 20.6 Å². The molecular formula is C30H27FN4O3. The van der Waals surface area contributed by atoms with Crippen molar-refractivity contribution in [2.45, 2.75) is 32.2 Å². The average Bonchev–Trinajstić information content (AvgIpc) is 3.37. The number of aromatic nitrogens is 2. The Bertz CT molecular complexity index is 1560. The molecule has 2 aromatic carbocycles. The van der Waals surface area contributed by atoms with Gasteiger partial charge in [-0.3, -0.25) is 19.4 Å². The highest BCUT2D eigenvalue weighted by atomic mass is 19.1. The molecule has 192 valence electrons. The van der Waals surface area contributed by atoms with Gasteiger partial charge in [-0.1, -0.05) is 17.7 Å². The van der Waals surface area contributed by atoms with E-state index in [2.05, 4.69) is 20.6 Å². The Morgan fingerprint density at radius 3 is 2.68 bits per heavy atom. The first-order chi connectivity index (χ1) is 18.4. The highest BCUT2D eigenvalue weighted by molar-refractivity contribution is 6.02. The van der Waals surface area contributed by atoms with Crippen LogP contribution in [-0.2, 0) is 22.4 Å². The number of carbonyl (C=O) groups excluding carboxylic acids is 3. The molecule has 0 saturated carbocycles. The summed E-state index contributed by atoms with van der Waals surface area (Å²) < 4.78 is 14.7. The molecule has 3 N–H and O–H groups in total. The number of Topliss-reactive ketones (excluding diaryl/α,β-unsaturated/α-hetero) is 1. The molecule has 1 atom stereocenters. The van der Waals surface area contributed by atoms with Gasteiger partial charge in [0.25, 0.3) is 5.91 Å². The lowest BCUT2D eigenvalue weighted by Gasteiger charge is -2.28. The molecule has 38 heavy (non-hydrogen) atoms. The summed E-state index contributed by atoms with van der Waals surface area (Å²) in [6.45, 7) is 2.09. The third kappa shape index (κ3) is 5.39. The van der Waals surface area contributed by atoms with Gasteiger partial charge in [0.1, 0.15) is 5.82 Å². The van der Waals surface area contributed by atoms with Gasteiger partial charge in [-0.15, -0.1) is 0 Å². The number of pyridine rings is 1. The number of amides is 2. The molecule has 1 unspecified atom stereocenters. The Morgan fingerprint density at radius 1 is 1.05 bits per heavy atom. The minimum Gasteiger partial charge on any atom is -0.361 e. The predicted molar refractivity (Wildman–Crippen MR) is 142 cm³/mol. The summed E-state index contributed by atoms with van der Waals surface area (Å²) in [6.07, 6.45) is 6.03. The fourth-order valence-corrected chi connectivity index (χ4v) is 4.87. The molecule has 5 rings (SSSR count). The summed E-state index contributed by atoms with van der Waals surface area (Å²) in [5, 5.41) is 6.63. The number of ketones is 1. The summed E-state index contributed by atoms with van der Waals surface area (Å²) in [5.74, 6) is -1.60. The standard InChI is InChI=1S/C30H27FN4O3/c1-18-14-27(37)35-29(28(18)26(36)16-20-2-5-25-21(15-20)9-13-33-25)22-3-4-24(31)23(17-22)30(38)34-12-8-19-6-10-32-11-7-19/h2-7,9-11,13,15,17,29,33H,8,12,14,16H2,1H3,(H,34,38)(H,35,37). The topological polar surface area (TPSA) is 104 Å². The average molecular weight is 511 g/mol. The molecule has 1 aliphatic heterocycles. The van der Waals surface area contributed by atoms with E-state index in [1.165, 1.54) is 18.2 Å². The zero-order valence-electron chi connectivity index (χ0n) is 20.9. The molecule has 0 bridgehead atoms. The molecule has 2 aromatic heterocycles. The van der Waals surface area contributed by atoms with Gasteiger partial charge in [-0.2, -0.15) is 0 Å². The number of aromatic amines is 1. The molecular weight excluding hydrogens is 483 g/mol. The Labute approximate surface area is 219 Å². The SMILES string of the molecule is CC1=C(C(=O)Cc2ccc3[nH]ccc3c2)C(c2ccc(F)c(C(=O)NCCc3ccncc3)c2)NC(=O)C1. The van der Waals surface area contributed by atoms with E-state index in [9.17, 15) is 18.8 Å². The molecule has 0 fully saturated rings. The number of halogens is 1. The van der Waals surface area contributed by atoms with Crippen LogP contribution in [0.3, 0.4) is 0 Å². The van der Waals surface area contributed by atoms with Crippen LogP contribution in [0.1, 0.15) is 46.4 Å². The summed E-state index contributed by atoms with van der Waals surface area (Å²) in [4.78, 5) is 45.9.